The molecule has 1 aliphatic rings. The van der Waals surface area contributed by atoms with Crippen LogP contribution in [-0.4, -0.2) is 0 Å². The maximum atomic E-state index is 6.91. The molecule has 2 heteroatoms. The zero-order valence-corrected chi connectivity index (χ0v) is 30.8. The molecule has 0 atom stereocenters. The van der Waals surface area contributed by atoms with E-state index in [1.807, 2.05) is 0 Å². The summed E-state index contributed by atoms with van der Waals surface area (Å²) < 4.78 is 6.91. The summed E-state index contributed by atoms with van der Waals surface area (Å²) in [6.07, 6.45) is 0. The average Bonchev–Trinajstić information content (AvgIpc) is 3.73. The van der Waals surface area contributed by atoms with Gasteiger partial charge in [0.25, 0.3) is 0 Å². The lowest BCUT2D eigenvalue weighted by Crippen LogP contribution is -2.16. The molecule has 0 radical (unpaired) electrons. The molecule has 0 saturated carbocycles. The summed E-state index contributed by atoms with van der Waals surface area (Å²) >= 11 is 0. The second kappa shape index (κ2) is 12.1. The third-order valence-corrected chi connectivity index (χ3v) is 11.9. The van der Waals surface area contributed by atoms with Gasteiger partial charge in [0.2, 0.25) is 0 Å². The van der Waals surface area contributed by atoms with Crippen LogP contribution in [0.2, 0.25) is 0 Å². The molecule has 9 aromatic carbocycles. The molecular weight excluding hydrogens is 667 g/mol. The monoisotopic (exact) mass is 703 g/mol. The molecule has 1 aliphatic carbocycles. The van der Waals surface area contributed by atoms with Gasteiger partial charge in [-0.1, -0.05) is 159 Å². The van der Waals surface area contributed by atoms with Crippen LogP contribution in [0.1, 0.15) is 25.0 Å². The minimum absolute atomic E-state index is 0.134. The maximum absolute atomic E-state index is 6.91. The largest absolute Gasteiger partial charge is 0.455 e. The fourth-order valence-electron chi connectivity index (χ4n) is 9.19. The van der Waals surface area contributed by atoms with Crippen LogP contribution < -0.4 is 4.90 Å². The molecule has 260 valence electrons. The first kappa shape index (κ1) is 31.6. The van der Waals surface area contributed by atoms with Crippen molar-refractivity contribution in [2.24, 2.45) is 0 Å². The quantitative estimate of drug-likeness (QED) is 0.177. The molecule has 10 aromatic rings. The lowest BCUT2D eigenvalue weighted by molar-refractivity contribution is 0.660. The number of furan rings is 1. The Kier molecular flexibility index (Phi) is 6.93. The lowest BCUT2D eigenvalue weighted by atomic mass is 9.82. The predicted octanol–water partition coefficient (Wildman–Crippen LogP) is 15.0. The van der Waals surface area contributed by atoms with Gasteiger partial charge in [-0.2, -0.15) is 0 Å². The predicted molar refractivity (Wildman–Crippen MR) is 232 cm³/mol. The Morgan fingerprint density at radius 2 is 1.05 bits per heavy atom. The van der Waals surface area contributed by atoms with Crippen LogP contribution in [0.5, 0.6) is 0 Å². The number of nitrogens with zero attached hydrogens (tertiary/aromatic N) is 1. The van der Waals surface area contributed by atoms with Crippen molar-refractivity contribution < 1.29 is 4.42 Å². The molecule has 0 amide bonds. The van der Waals surface area contributed by atoms with E-state index >= 15 is 0 Å². The topological polar surface area (TPSA) is 16.4 Å². The Hall–Kier alpha value is -6.90. The van der Waals surface area contributed by atoms with Crippen LogP contribution in [0.15, 0.2) is 192 Å². The Labute approximate surface area is 320 Å². The number of hydrogen-bond donors (Lipinski definition) is 0. The Balaban J connectivity index is 1.19. The van der Waals surface area contributed by atoms with Gasteiger partial charge in [-0.15, -0.1) is 0 Å². The Bertz CT molecular complexity index is 3110. The first-order chi connectivity index (χ1) is 27.0. The van der Waals surface area contributed by atoms with Crippen LogP contribution in [0.25, 0.3) is 76.9 Å². The minimum atomic E-state index is -0.134. The smallest absolute Gasteiger partial charge is 0.143 e. The molecular formula is C53H37NO. The second-order valence-electron chi connectivity index (χ2n) is 15.3. The van der Waals surface area contributed by atoms with Gasteiger partial charge in [0.15, 0.2) is 0 Å². The van der Waals surface area contributed by atoms with Gasteiger partial charge in [0.1, 0.15) is 11.2 Å². The normalized spacial score (nSPS) is 13.1. The highest BCUT2D eigenvalue weighted by Crippen LogP contribution is 2.52. The molecule has 11 rings (SSSR count). The highest BCUT2D eigenvalue weighted by Gasteiger charge is 2.36. The molecule has 0 bridgehead atoms. The molecule has 0 spiro atoms. The minimum Gasteiger partial charge on any atom is -0.455 e. The molecule has 1 aromatic heterocycles. The van der Waals surface area contributed by atoms with Gasteiger partial charge in [0, 0.05) is 27.6 Å². The van der Waals surface area contributed by atoms with Crippen LogP contribution >= 0.6 is 0 Å². The van der Waals surface area contributed by atoms with E-state index in [1.165, 1.54) is 60.7 Å². The Morgan fingerprint density at radius 1 is 0.418 bits per heavy atom. The molecule has 0 saturated heterocycles. The third kappa shape index (κ3) is 4.81. The van der Waals surface area contributed by atoms with E-state index in [0.717, 1.165) is 44.4 Å². The highest BCUT2D eigenvalue weighted by molar-refractivity contribution is 6.23. The van der Waals surface area contributed by atoms with Crippen molar-refractivity contribution in [2.45, 2.75) is 19.3 Å². The average molecular weight is 704 g/mol. The van der Waals surface area contributed by atoms with Gasteiger partial charge in [0.05, 0.1) is 11.1 Å². The van der Waals surface area contributed by atoms with Gasteiger partial charge in [-0.05, 0) is 103 Å². The maximum Gasteiger partial charge on any atom is 0.143 e. The number of benzene rings is 9. The fraction of sp³-hybridized carbons (Fsp3) is 0.0566. The van der Waals surface area contributed by atoms with E-state index in [2.05, 4.69) is 207 Å². The number of anilines is 3. The molecule has 0 N–H and O–H groups in total. The van der Waals surface area contributed by atoms with Crippen molar-refractivity contribution in [3.05, 3.63) is 199 Å². The zero-order valence-electron chi connectivity index (χ0n) is 30.8. The molecule has 1 heterocycles. The van der Waals surface area contributed by atoms with Gasteiger partial charge >= 0.3 is 0 Å². The third-order valence-electron chi connectivity index (χ3n) is 11.9. The van der Waals surface area contributed by atoms with Crippen molar-refractivity contribution in [1.29, 1.82) is 0 Å². The van der Waals surface area contributed by atoms with Gasteiger partial charge in [-0.3, -0.25) is 0 Å². The summed E-state index contributed by atoms with van der Waals surface area (Å²) in [5.74, 6) is 0. The first-order valence-corrected chi connectivity index (χ1v) is 19.1. The summed E-state index contributed by atoms with van der Waals surface area (Å²) in [5, 5.41) is 6.96. The summed E-state index contributed by atoms with van der Waals surface area (Å²) in [7, 11) is 0. The van der Waals surface area contributed by atoms with E-state index < -0.39 is 0 Å². The molecule has 2 nitrogen and oxygen atoms in total. The molecule has 0 aliphatic heterocycles. The number of rotatable bonds is 5. The molecule has 0 unspecified atom stereocenters. The number of hydrogen-bond acceptors (Lipinski definition) is 2. The summed E-state index contributed by atoms with van der Waals surface area (Å²) in [6.45, 7) is 4.70. The van der Waals surface area contributed by atoms with Crippen molar-refractivity contribution in [2.75, 3.05) is 4.90 Å². The molecule has 0 fully saturated rings. The second-order valence-corrected chi connectivity index (χ2v) is 15.3. The highest BCUT2D eigenvalue weighted by atomic mass is 16.3. The fourth-order valence-corrected chi connectivity index (χ4v) is 9.19. The van der Waals surface area contributed by atoms with Crippen LogP contribution in [-0.2, 0) is 5.41 Å². The summed E-state index contributed by atoms with van der Waals surface area (Å²) in [6, 6.07) is 68.3. The van der Waals surface area contributed by atoms with Gasteiger partial charge in [-0.25, -0.2) is 0 Å². The van der Waals surface area contributed by atoms with E-state index in [-0.39, 0.29) is 5.41 Å². The zero-order chi connectivity index (χ0) is 36.7. The Morgan fingerprint density at radius 3 is 1.91 bits per heavy atom. The van der Waals surface area contributed by atoms with Crippen LogP contribution in [0.3, 0.4) is 0 Å². The van der Waals surface area contributed by atoms with Crippen molar-refractivity contribution >= 4 is 60.5 Å². The summed E-state index contributed by atoms with van der Waals surface area (Å²) in [4.78, 5) is 2.43. The number of fused-ring (bicyclic) bond motifs is 9. The van der Waals surface area contributed by atoms with E-state index in [4.69, 9.17) is 4.42 Å². The van der Waals surface area contributed by atoms with Crippen molar-refractivity contribution in [3.63, 3.8) is 0 Å². The van der Waals surface area contributed by atoms with Crippen LogP contribution in [0.4, 0.5) is 17.1 Å². The lowest BCUT2D eigenvalue weighted by Gasteiger charge is -2.29. The van der Waals surface area contributed by atoms with E-state index in [0.29, 0.717) is 0 Å². The molecule has 55 heavy (non-hydrogen) atoms. The standard InChI is InChI=1S/C53H37NO/c1-53(2)47-23-11-10-20-42(47)43-31-30-38(32-48(43)53)54(37-28-26-35(27-29-37)34-14-4-3-5-15-34)49-24-13-25-50-51(49)46-33-45(41-19-8-9-21-44(41)52(46)55-50)40-22-12-17-36-16-6-7-18-39(36)40/h3-33H,1-2H3. The first-order valence-electron chi connectivity index (χ1n) is 19.1. The summed E-state index contributed by atoms with van der Waals surface area (Å²) in [5.41, 5.74) is 15.1. The van der Waals surface area contributed by atoms with Crippen molar-refractivity contribution in [3.8, 4) is 33.4 Å². The SMILES string of the molecule is CC1(C)c2ccccc2-c2ccc(N(c3ccc(-c4ccccc4)cc3)c3cccc4oc5c6ccccc6c(-c6cccc7ccccc67)cc5c34)cc21. The van der Waals surface area contributed by atoms with E-state index in [1.54, 1.807) is 0 Å². The van der Waals surface area contributed by atoms with E-state index in [9.17, 15) is 0 Å². The van der Waals surface area contributed by atoms with Gasteiger partial charge < -0.3 is 9.32 Å². The van der Waals surface area contributed by atoms with Crippen molar-refractivity contribution in [1.82, 2.24) is 0 Å². The van der Waals surface area contributed by atoms with Crippen LogP contribution in [0, 0.1) is 0 Å².